The smallest absolute Gasteiger partial charge is 0.301 e. The third-order valence-corrected chi connectivity index (χ3v) is 6.33. The number of pyridine rings is 1. The lowest BCUT2D eigenvalue weighted by Crippen LogP contribution is -2.30. The van der Waals surface area contributed by atoms with E-state index in [1.54, 1.807) is 48.5 Å². The molecule has 2 unspecified atom stereocenters. The highest BCUT2D eigenvalue weighted by Gasteiger charge is 2.48. The second-order valence-corrected chi connectivity index (χ2v) is 8.82. The molecule has 1 fully saturated rings. The van der Waals surface area contributed by atoms with Gasteiger partial charge in [0.1, 0.15) is 23.4 Å². The fraction of sp³-hybridized carbons (Fsp3) is 0.160. The number of benzene rings is 2. The van der Waals surface area contributed by atoms with E-state index >= 15 is 0 Å². The van der Waals surface area contributed by atoms with Crippen LogP contribution in [0.5, 0.6) is 5.75 Å². The van der Waals surface area contributed by atoms with Crippen molar-refractivity contribution in [1.82, 2.24) is 4.98 Å². The molecule has 2 aromatic carbocycles. The topological polar surface area (TPSA) is 79.7 Å². The molecule has 6 nitrogen and oxygen atoms in total. The van der Waals surface area contributed by atoms with Crippen LogP contribution < -0.4 is 9.64 Å². The van der Waals surface area contributed by atoms with Crippen molar-refractivity contribution in [1.29, 1.82) is 0 Å². The van der Waals surface area contributed by atoms with Crippen LogP contribution in [0, 0.1) is 0 Å². The SMILES string of the molecule is CC1Cc2cc(C(O)=C3C(=O)C(=O)N(c4ccccn4)C3c3ccc(Cl)cc3Cl)ccc2O1. The first kappa shape index (κ1) is 21.5. The minimum absolute atomic E-state index is 0.0278. The molecule has 2 aliphatic heterocycles. The number of halogens is 2. The normalized spacial score (nSPS) is 21.2. The highest BCUT2D eigenvalue weighted by Crippen LogP contribution is 2.44. The van der Waals surface area contributed by atoms with E-state index in [2.05, 4.69) is 4.98 Å². The average molecular weight is 481 g/mol. The highest BCUT2D eigenvalue weighted by molar-refractivity contribution is 6.52. The zero-order chi connectivity index (χ0) is 23.3. The molecule has 2 aliphatic rings. The second-order valence-electron chi connectivity index (χ2n) is 7.98. The van der Waals surface area contributed by atoms with Crippen molar-refractivity contribution in [3.8, 4) is 5.75 Å². The van der Waals surface area contributed by atoms with Crippen LogP contribution in [-0.2, 0) is 16.0 Å². The van der Waals surface area contributed by atoms with Crippen molar-refractivity contribution < 1.29 is 19.4 Å². The Kier molecular flexibility index (Phi) is 5.35. The number of ketones is 1. The van der Waals surface area contributed by atoms with Gasteiger partial charge in [-0.3, -0.25) is 14.5 Å². The van der Waals surface area contributed by atoms with Gasteiger partial charge in [-0.05, 0) is 60.5 Å². The molecule has 8 heteroatoms. The van der Waals surface area contributed by atoms with Gasteiger partial charge in [-0.15, -0.1) is 0 Å². The lowest BCUT2D eigenvalue weighted by molar-refractivity contribution is -0.132. The van der Waals surface area contributed by atoms with Crippen LogP contribution in [0.4, 0.5) is 5.82 Å². The van der Waals surface area contributed by atoms with Crippen LogP contribution in [0.1, 0.15) is 29.7 Å². The molecule has 5 rings (SSSR count). The molecule has 33 heavy (non-hydrogen) atoms. The number of fused-ring (bicyclic) bond motifs is 1. The van der Waals surface area contributed by atoms with Gasteiger partial charge >= 0.3 is 5.91 Å². The molecular weight excluding hydrogens is 463 g/mol. The third kappa shape index (κ3) is 3.65. The number of aliphatic hydroxyl groups excluding tert-OH is 1. The van der Waals surface area contributed by atoms with Crippen molar-refractivity contribution in [3.63, 3.8) is 0 Å². The number of amides is 1. The van der Waals surface area contributed by atoms with Crippen LogP contribution >= 0.6 is 23.2 Å². The summed E-state index contributed by atoms with van der Waals surface area (Å²) in [5.41, 5.74) is 1.72. The molecule has 3 aromatic rings. The third-order valence-electron chi connectivity index (χ3n) is 5.77. The average Bonchev–Trinajstić information content (AvgIpc) is 3.29. The van der Waals surface area contributed by atoms with Gasteiger partial charge in [0.2, 0.25) is 0 Å². The van der Waals surface area contributed by atoms with Gasteiger partial charge in [0.05, 0.1) is 11.6 Å². The summed E-state index contributed by atoms with van der Waals surface area (Å²) in [6.45, 7) is 1.96. The van der Waals surface area contributed by atoms with E-state index in [0.29, 0.717) is 22.6 Å². The molecule has 3 heterocycles. The van der Waals surface area contributed by atoms with Crippen molar-refractivity contribution >= 4 is 46.5 Å². The number of rotatable bonds is 3. The van der Waals surface area contributed by atoms with E-state index in [9.17, 15) is 14.7 Å². The number of aliphatic hydroxyl groups is 1. The predicted molar refractivity (Wildman–Crippen MR) is 126 cm³/mol. The number of aromatic nitrogens is 1. The molecular formula is C25H18Cl2N2O4. The first-order chi connectivity index (χ1) is 15.8. The standard InChI is InChI=1S/C25H18Cl2N2O4/c1-13-10-15-11-14(5-8-19(15)33-13)23(30)21-22(17-7-6-16(26)12-18(17)27)29(25(32)24(21)31)20-4-2-3-9-28-20/h2-9,11-13,22,30H,10H2,1H3. The lowest BCUT2D eigenvalue weighted by Gasteiger charge is -2.25. The van der Waals surface area contributed by atoms with E-state index in [4.69, 9.17) is 27.9 Å². The summed E-state index contributed by atoms with van der Waals surface area (Å²) in [5, 5.41) is 12.0. The molecule has 0 radical (unpaired) electrons. The van der Waals surface area contributed by atoms with Crippen LogP contribution in [0.3, 0.4) is 0 Å². The Morgan fingerprint density at radius 1 is 1.12 bits per heavy atom. The van der Waals surface area contributed by atoms with E-state index in [1.807, 2.05) is 6.92 Å². The van der Waals surface area contributed by atoms with Crippen LogP contribution in [0.25, 0.3) is 5.76 Å². The fourth-order valence-corrected chi connectivity index (χ4v) is 4.82. The van der Waals surface area contributed by atoms with E-state index < -0.39 is 17.7 Å². The Hall–Kier alpha value is -3.35. The van der Waals surface area contributed by atoms with Crippen LogP contribution in [0.2, 0.25) is 10.0 Å². The number of anilines is 1. The summed E-state index contributed by atoms with van der Waals surface area (Å²) in [6, 6.07) is 14.1. The number of Topliss-reactive ketones (excluding diaryl/α,β-unsaturated/α-hetero) is 1. The van der Waals surface area contributed by atoms with Gasteiger partial charge in [0.25, 0.3) is 5.78 Å². The van der Waals surface area contributed by atoms with E-state index in [1.165, 1.54) is 17.2 Å². The number of hydrogen-bond donors (Lipinski definition) is 1. The number of carbonyl (C=O) groups is 2. The summed E-state index contributed by atoms with van der Waals surface area (Å²) < 4.78 is 5.73. The molecule has 166 valence electrons. The maximum atomic E-state index is 13.2. The molecule has 1 aromatic heterocycles. The minimum atomic E-state index is -0.979. The number of ether oxygens (including phenoxy) is 1. The molecule has 0 aliphatic carbocycles. The lowest BCUT2D eigenvalue weighted by atomic mass is 9.94. The Labute approximate surface area is 200 Å². The summed E-state index contributed by atoms with van der Waals surface area (Å²) in [7, 11) is 0. The largest absolute Gasteiger partial charge is 0.507 e. The van der Waals surface area contributed by atoms with Gasteiger partial charge in [0.15, 0.2) is 0 Å². The summed E-state index contributed by atoms with van der Waals surface area (Å²) in [6.07, 6.45) is 2.24. The maximum Gasteiger partial charge on any atom is 0.301 e. The van der Waals surface area contributed by atoms with Crippen molar-refractivity contribution in [2.24, 2.45) is 0 Å². The van der Waals surface area contributed by atoms with Gasteiger partial charge in [-0.25, -0.2) is 4.98 Å². The Morgan fingerprint density at radius 2 is 1.94 bits per heavy atom. The molecule has 0 saturated carbocycles. The highest BCUT2D eigenvalue weighted by atomic mass is 35.5. The van der Waals surface area contributed by atoms with Crippen LogP contribution in [-0.4, -0.2) is 27.9 Å². The number of nitrogens with zero attached hydrogens (tertiary/aromatic N) is 2. The second kappa shape index (κ2) is 8.21. The Balaban J connectivity index is 1.72. The summed E-state index contributed by atoms with van der Waals surface area (Å²) >= 11 is 12.6. The van der Waals surface area contributed by atoms with Gasteiger partial charge in [0, 0.05) is 28.2 Å². The van der Waals surface area contributed by atoms with Gasteiger partial charge in [-0.1, -0.05) is 35.3 Å². The summed E-state index contributed by atoms with van der Waals surface area (Å²) in [5.74, 6) is -0.898. The van der Waals surface area contributed by atoms with E-state index in [-0.39, 0.29) is 28.3 Å². The Bertz CT molecular complexity index is 1320. The molecule has 1 saturated heterocycles. The number of carbonyl (C=O) groups excluding carboxylic acids is 2. The first-order valence-corrected chi connectivity index (χ1v) is 11.1. The quantitative estimate of drug-likeness (QED) is 0.311. The monoisotopic (exact) mass is 480 g/mol. The Morgan fingerprint density at radius 3 is 2.67 bits per heavy atom. The van der Waals surface area contributed by atoms with Crippen LogP contribution in [0.15, 0.2) is 66.4 Å². The van der Waals surface area contributed by atoms with Crippen molar-refractivity contribution in [3.05, 3.63) is 93.1 Å². The molecule has 0 spiro atoms. The minimum Gasteiger partial charge on any atom is -0.507 e. The first-order valence-electron chi connectivity index (χ1n) is 10.3. The molecule has 0 bridgehead atoms. The zero-order valence-electron chi connectivity index (χ0n) is 17.5. The van der Waals surface area contributed by atoms with Gasteiger partial charge in [-0.2, -0.15) is 0 Å². The fourth-order valence-electron chi connectivity index (χ4n) is 4.31. The molecule has 1 N–H and O–H groups in total. The molecule has 2 atom stereocenters. The number of hydrogen-bond acceptors (Lipinski definition) is 5. The maximum absolute atomic E-state index is 13.2. The predicted octanol–water partition coefficient (Wildman–Crippen LogP) is 5.34. The van der Waals surface area contributed by atoms with E-state index in [0.717, 1.165) is 11.3 Å². The zero-order valence-corrected chi connectivity index (χ0v) is 19.0. The van der Waals surface area contributed by atoms with Crippen molar-refractivity contribution in [2.75, 3.05) is 4.90 Å². The molecule has 1 amide bonds. The van der Waals surface area contributed by atoms with Gasteiger partial charge < -0.3 is 9.84 Å². The van der Waals surface area contributed by atoms with Crippen molar-refractivity contribution in [2.45, 2.75) is 25.5 Å². The summed E-state index contributed by atoms with van der Waals surface area (Å²) in [4.78, 5) is 31.9.